The Labute approximate surface area is 154 Å². The minimum Gasteiger partial charge on any atom is -0.508 e. The number of phenols is 2. The highest BCUT2D eigenvalue weighted by Crippen LogP contribution is 2.58. The van der Waals surface area contributed by atoms with Gasteiger partial charge in [-0.3, -0.25) is 0 Å². The van der Waals surface area contributed by atoms with Crippen LogP contribution in [0.5, 0.6) is 23.0 Å². The van der Waals surface area contributed by atoms with E-state index in [1.54, 1.807) is 30.3 Å². The molecule has 1 spiro atoms. The third-order valence-corrected chi connectivity index (χ3v) is 5.03. The number of carbonyl (C=O) groups is 1. The molecular formula is C22H14O5. The van der Waals surface area contributed by atoms with Gasteiger partial charge < -0.3 is 19.7 Å². The summed E-state index contributed by atoms with van der Waals surface area (Å²) in [5.41, 5.74) is 1.68. The Morgan fingerprint density at radius 2 is 1.70 bits per heavy atom. The lowest BCUT2D eigenvalue weighted by molar-refractivity contribution is 0.0223. The predicted molar refractivity (Wildman–Crippen MR) is 98.1 cm³/mol. The van der Waals surface area contributed by atoms with Crippen LogP contribution in [0, 0.1) is 0 Å². The number of esters is 1. The average molecular weight is 358 g/mol. The zero-order chi connectivity index (χ0) is 18.8. The van der Waals surface area contributed by atoms with Crippen molar-refractivity contribution in [2.45, 2.75) is 5.60 Å². The largest absolute Gasteiger partial charge is 0.508 e. The van der Waals surface area contributed by atoms with Gasteiger partial charge in [0, 0.05) is 23.3 Å². The van der Waals surface area contributed by atoms with Gasteiger partial charge in [0.1, 0.15) is 23.0 Å². The van der Waals surface area contributed by atoms with Gasteiger partial charge >= 0.3 is 5.97 Å². The second kappa shape index (κ2) is 5.14. The molecule has 0 fully saturated rings. The minimum atomic E-state index is -1.25. The molecule has 0 radical (unpaired) electrons. The highest BCUT2D eigenvalue weighted by molar-refractivity contribution is 5.97. The number of benzene rings is 3. The molecule has 0 bridgehead atoms. The first kappa shape index (κ1) is 15.5. The second-order valence-corrected chi connectivity index (χ2v) is 6.51. The molecule has 0 saturated heterocycles. The van der Waals surface area contributed by atoms with Gasteiger partial charge in [0.15, 0.2) is 5.60 Å². The molecule has 5 rings (SSSR count). The van der Waals surface area contributed by atoms with Crippen LogP contribution in [0.15, 0.2) is 61.2 Å². The number of ether oxygens (including phenoxy) is 2. The van der Waals surface area contributed by atoms with Crippen molar-refractivity contribution in [3.63, 3.8) is 0 Å². The molecule has 27 heavy (non-hydrogen) atoms. The van der Waals surface area contributed by atoms with Gasteiger partial charge in [-0.15, -0.1) is 0 Å². The van der Waals surface area contributed by atoms with Crippen LogP contribution in [-0.4, -0.2) is 16.2 Å². The molecule has 2 aliphatic heterocycles. The Bertz CT molecular complexity index is 1150. The first-order valence-corrected chi connectivity index (χ1v) is 8.38. The van der Waals surface area contributed by atoms with E-state index in [1.807, 2.05) is 12.1 Å². The summed E-state index contributed by atoms with van der Waals surface area (Å²) < 4.78 is 12.0. The number of aromatic hydroxyl groups is 2. The summed E-state index contributed by atoms with van der Waals surface area (Å²) in [6, 6.07) is 14.9. The number of hydrogen-bond donors (Lipinski definition) is 2. The van der Waals surface area contributed by atoms with Crippen LogP contribution in [0.3, 0.4) is 0 Å². The van der Waals surface area contributed by atoms with E-state index in [1.165, 1.54) is 18.2 Å². The maximum Gasteiger partial charge on any atom is 0.340 e. The Hall–Kier alpha value is -3.73. The van der Waals surface area contributed by atoms with Gasteiger partial charge in [0.25, 0.3) is 0 Å². The van der Waals surface area contributed by atoms with E-state index in [9.17, 15) is 15.0 Å². The van der Waals surface area contributed by atoms with Gasteiger partial charge in [-0.1, -0.05) is 30.9 Å². The highest BCUT2D eigenvalue weighted by Gasteiger charge is 2.54. The number of fused-ring (bicyclic) bond motifs is 6. The molecule has 1 atom stereocenters. The smallest absolute Gasteiger partial charge is 0.340 e. The van der Waals surface area contributed by atoms with Crippen molar-refractivity contribution < 1.29 is 24.5 Å². The summed E-state index contributed by atoms with van der Waals surface area (Å²) in [4.78, 5) is 12.7. The molecule has 0 aliphatic carbocycles. The monoisotopic (exact) mass is 358 g/mol. The van der Waals surface area contributed by atoms with Crippen molar-refractivity contribution in [3.8, 4) is 23.0 Å². The standard InChI is InChI=1S/C22H14O5/c1-2-12-9-14(24)11-19-20(12)22(17-8-7-13(23)10-18(17)26-19)16-6-4-3-5-15(16)21(25)27-22/h2-11,23-24H,1H2. The minimum absolute atomic E-state index is 0.0000108. The fraction of sp³-hybridized carbons (Fsp3) is 0.0455. The fourth-order valence-electron chi connectivity index (χ4n) is 3.98. The fourth-order valence-corrected chi connectivity index (χ4v) is 3.98. The summed E-state index contributed by atoms with van der Waals surface area (Å²) in [5.74, 6) is 0.273. The van der Waals surface area contributed by atoms with E-state index < -0.39 is 11.6 Å². The molecule has 3 aromatic rings. The van der Waals surface area contributed by atoms with Crippen LogP contribution < -0.4 is 4.74 Å². The number of hydrogen-bond acceptors (Lipinski definition) is 5. The van der Waals surface area contributed by atoms with Crippen LogP contribution >= 0.6 is 0 Å². The van der Waals surface area contributed by atoms with Crippen LogP contribution in [-0.2, 0) is 10.3 Å². The van der Waals surface area contributed by atoms with Gasteiger partial charge in [0.2, 0.25) is 0 Å². The Morgan fingerprint density at radius 3 is 2.52 bits per heavy atom. The quantitative estimate of drug-likeness (QED) is 0.634. The predicted octanol–water partition coefficient (Wildman–Crippen LogP) is 4.31. The van der Waals surface area contributed by atoms with Crippen molar-refractivity contribution in [1.82, 2.24) is 0 Å². The van der Waals surface area contributed by atoms with E-state index in [-0.39, 0.29) is 11.5 Å². The SMILES string of the molecule is C=Cc1cc(O)cc2c1C1(OC(=O)c3ccccc31)c1ccc(O)cc1O2. The first-order valence-electron chi connectivity index (χ1n) is 8.38. The maximum absolute atomic E-state index is 12.7. The van der Waals surface area contributed by atoms with Gasteiger partial charge in [-0.2, -0.15) is 0 Å². The number of phenolic OH excluding ortho intramolecular Hbond substituents is 2. The Balaban J connectivity index is 1.96. The molecule has 0 amide bonds. The van der Waals surface area contributed by atoms with E-state index in [2.05, 4.69) is 6.58 Å². The average Bonchev–Trinajstić information content (AvgIpc) is 2.94. The van der Waals surface area contributed by atoms with Gasteiger partial charge in [-0.05, 0) is 29.8 Å². The third kappa shape index (κ3) is 1.91. The van der Waals surface area contributed by atoms with Crippen LogP contribution in [0.4, 0.5) is 0 Å². The third-order valence-electron chi connectivity index (χ3n) is 5.03. The molecule has 1 unspecified atom stereocenters. The molecule has 2 heterocycles. The van der Waals surface area contributed by atoms with Crippen molar-refractivity contribution >= 4 is 12.0 Å². The Morgan fingerprint density at radius 1 is 0.926 bits per heavy atom. The van der Waals surface area contributed by atoms with E-state index in [4.69, 9.17) is 9.47 Å². The molecule has 2 N–H and O–H groups in total. The van der Waals surface area contributed by atoms with Gasteiger partial charge in [-0.25, -0.2) is 4.79 Å². The van der Waals surface area contributed by atoms with Gasteiger partial charge in [0.05, 0.1) is 11.1 Å². The molecular weight excluding hydrogens is 344 g/mol. The summed E-state index contributed by atoms with van der Waals surface area (Å²) in [7, 11) is 0. The van der Waals surface area contributed by atoms with Crippen molar-refractivity contribution in [2.24, 2.45) is 0 Å². The summed E-state index contributed by atoms with van der Waals surface area (Å²) in [6.45, 7) is 3.83. The van der Waals surface area contributed by atoms with Crippen molar-refractivity contribution in [3.05, 3.63) is 89.0 Å². The topological polar surface area (TPSA) is 76.0 Å². The summed E-state index contributed by atoms with van der Waals surface area (Å²) in [5, 5.41) is 20.0. The van der Waals surface area contributed by atoms with Crippen LogP contribution in [0.1, 0.15) is 32.6 Å². The molecule has 132 valence electrons. The first-order chi connectivity index (χ1) is 13.0. The number of rotatable bonds is 1. The highest BCUT2D eigenvalue weighted by atomic mass is 16.6. The molecule has 3 aromatic carbocycles. The molecule has 2 aliphatic rings. The molecule has 5 nitrogen and oxygen atoms in total. The normalized spacial score (nSPS) is 18.9. The molecule has 5 heteroatoms. The summed E-state index contributed by atoms with van der Waals surface area (Å²) in [6.07, 6.45) is 1.59. The lowest BCUT2D eigenvalue weighted by Gasteiger charge is -2.37. The van der Waals surface area contributed by atoms with E-state index in [0.717, 1.165) is 0 Å². The zero-order valence-electron chi connectivity index (χ0n) is 14.1. The maximum atomic E-state index is 12.7. The molecule has 0 saturated carbocycles. The van der Waals surface area contributed by atoms with Crippen LogP contribution in [0.2, 0.25) is 0 Å². The lowest BCUT2D eigenvalue weighted by atomic mass is 9.75. The zero-order valence-corrected chi connectivity index (χ0v) is 14.1. The van der Waals surface area contributed by atoms with Crippen molar-refractivity contribution in [2.75, 3.05) is 0 Å². The lowest BCUT2D eigenvalue weighted by Crippen LogP contribution is -2.33. The van der Waals surface area contributed by atoms with E-state index >= 15 is 0 Å². The Kier molecular flexibility index (Phi) is 2.95. The summed E-state index contributed by atoms with van der Waals surface area (Å²) >= 11 is 0. The van der Waals surface area contributed by atoms with E-state index in [0.29, 0.717) is 39.3 Å². The van der Waals surface area contributed by atoms with Crippen LogP contribution in [0.25, 0.3) is 6.08 Å². The molecule has 0 aromatic heterocycles. The second-order valence-electron chi connectivity index (χ2n) is 6.51. The van der Waals surface area contributed by atoms with Crippen molar-refractivity contribution in [1.29, 1.82) is 0 Å². The number of carbonyl (C=O) groups excluding carboxylic acids is 1.